The summed E-state index contributed by atoms with van der Waals surface area (Å²) in [5, 5.41) is 24.1. The second-order valence-corrected chi connectivity index (χ2v) is 5.93. The van der Waals surface area contributed by atoms with Crippen molar-refractivity contribution in [1.82, 2.24) is 24.9 Å². The molecule has 0 bridgehead atoms. The van der Waals surface area contributed by atoms with Crippen LogP contribution in [0, 0.1) is 17.0 Å². The summed E-state index contributed by atoms with van der Waals surface area (Å²) in [4.78, 5) is 34.9. The highest BCUT2D eigenvalue weighted by Crippen LogP contribution is 2.16. The Balaban J connectivity index is 1.66. The Bertz CT molecular complexity index is 1020. The summed E-state index contributed by atoms with van der Waals surface area (Å²) < 4.78 is 7.70. The molecule has 12 heteroatoms. The molecule has 12 nitrogen and oxygen atoms in total. The molecule has 0 atom stereocenters. The molecule has 2 amide bonds. The summed E-state index contributed by atoms with van der Waals surface area (Å²) >= 11 is 0. The maximum Gasteiger partial charge on any atom is 0.309 e. The van der Waals surface area contributed by atoms with Crippen molar-refractivity contribution in [3.05, 3.63) is 58.1 Å². The van der Waals surface area contributed by atoms with Crippen LogP contribution in [0.25, 0.3) is 0 Å². The third-order valence-corrected chi connectivity index (χ3v) is 3.74. The lowest BCUT2D eigenvalue weighted by Gasteiger charge is -2.06. The lowest BCUT2D eigenvalue weighted by Crippen LogP contribution is -2.25. The summed E-state index contributed by atoms with van der Waals surface area (Å²) in [6, 6.07) is 3.42. The van der Waals surface area contributed by atoms with Crippen LogP contribution in [0.2, 0.25) is 0 Å². The number of furan rings is 1. The summed E-state index contributed by atoms with van der Waals surface area (Å²) in [5.74, 6) is -0.422. The average molecular weight is 387 g/mol. The van der Waals surface area contributed by atoms with Gasteiger partial charge in [0.25, 0.3) is 5.91 Å². The highest BCUT2D eigenvalue weighted by atomic mass is 16.6. The van der Waals surface area contributed by atoms with E-state index in [1.54, 1.807) is 19.2 Å². The summed E-state index contributed by atoms with van der Waals surface area (Å²) in [7, 11) is 1.61. The molecular formula is C16H17N7O5. The van der Waals surface area contributed by atoms with Crippen molar-refractivity contribution < 1.29 is 18.9 Å². The smallest absolute Gasteiger partial charge is 0.309 e. The topological polar surface area (TPSA) is 150 Å². The Kier molecular flexibility index (Phi) is 5.20. The fourth-order valence-electron chi connectivity index (χ4n) is 2.52. The van der Waals surface area contributed by atoms with Crippen molar-refractivity contribution in [1.29, 1.82) is 0 Å². The molecule has 0 aliphatic rings. The number of anilines is 1. The molecule has 0 aliphatic carbocycles. The SMILES string of the molecule is Cc1nn(CC(=O)Nc2cn(C)nc2C(=O)NCc2ccco2)cc1[N+](=O)[O-]. The van der Waals surface area contributed by atoms with Gasteiger partial charge in [-0.2, -0.15) is 10.2 Å². The normalized spacial score (nSPS) is 10.6. The maximum atomic E-state index is 12.4. The van der Waals surface area contributed by atoms with E-state index < -0.39 is 16.7 Å². The Morgan fingerprint density at radius 1 is 1.32 bits per heavy atom. The quantitative estimate of drug-likeness (QED) is 0.453. The van der Waals surface area contributed by atoms with E-state index in [4.69, 9.17) is 4.42 Å². The van der Waals surface area contributed by atoms with Crippen molar-refractivity contribution >= 4 is 23.2 Å². The van der Waals surface area contributed by atoms with E-state index in [0.29, 0.717) is 5.76 Å². The van der Waals surface area contributed by atoms with Crippen molar-refractivity contribution in [2.24, 2.45) is 7.05 Å². The summed E-state index contributed by atoms with van der Waals surface area (Å²) in [5.41, 5.74) is 0.275. The van der Waals surface area contributed by atoms with Gasteiger partial charge in [-0.05, 0) is 19.1 Å². The third-order valence-electron chi connectivity index (χ3n) is 3.74. The molecule has 0 radical (unpaired) electrons. The fourth-order valence-corrected chi connectivity index (χ4v) is 2.52. The number of carbonyl (C=O) groups excluding carboxylic acids is 2. The van der Waals surface area contributed by atoms with Crippen LogP contribution >= 0.6 is 0 Å². The molecule has 3 aromatic heterocycles. The Labute approximate surface area is 158 Å². The fraction of sp³-hybridized carbons (Fsp3) is 0.250. The monoisotopic (exact) mass is 387 g/mol. The zero-order valence-electron chi connectivity index (χ0n) is 15.1. The first-order valence-electron chi connectivity index (χ1n) is 8.16. The van der Waals surface area contributed by atoms with Crippen LogP contribution in [0.5, 0.6) is 0 Å². The minimum absolute atomic E-state index is 0.0324. The van der Waals surface area contributed by atoms with Crippen molar-refractivity contribution in [3.63, 3.8) is 0 Å². The minimum atomic E-state index is -0.570. The van der Waals surface area contributed by atoms with Gasteiger partial charge in [0.2, 0.25) is 5.91 Å². The number of nitro groups is 1. The van der Waals surface area contributed by atoms with Crippen LogP contribution in [0.4, 0.5) is 11.4 Å². The van der Waals surface area contributed by atoms with Gasteiger partial charge in [0.15, 0.2) is 5.69 Å². The Morgan fingerprint density at radius 2 is 2.11 bits per heavy atom. The lowest BCUT2D eigenvalue weighted by molar-refractivity contribution is -0.385. The van der Waals surface area contributed by atoms with Gasteiger partial charge in [0, 0.05) is 13.2 Å². The van der Waals surface area contributed by atoms with Crippen molar-refractivity contribution in [3.8, 4) is 0 Å². The van der Waals surface area contributed by atoms with Gasteiger partial charge in [-0.25, -0.2) is 0 Å². The van der Waals surface area contributed by atoms with E-state index in [9.17, 15) is 19.7 Å². The molecule has 0 unspecified atom stereocenters. The first-order chi connectivity index (χ1) is 13.3. The molecule has 0 aliphatic heterocycles. The van der Waals surface area contributed by atoms with Crippen molar-refractivity contribution in [2.45, 2.75) is 20.0 Å². The third kappa shape index (κ3) is 4.23. The van der Waals surface area contributed by atoms with E-state index >= 15 is 0 Å². The van der Waals surface area contributed by atoms with Gasteiger partial charge in [0.05, 0.1) is 23.4 Å². The van der Waals surface area contributed by atoms with Gasteiger partial charge < -0.3 is 15.1 Å². The predicted molar refractivity (Wildman–Crippen MR) is 95.3 cm³/mol. The largest absolute Gasteiger partial charge is 0.467 e. The standard InChI is InChI=1S/C16H17N7O5/c1-10-13(23(26)27)8-22(19-10)9-14(24)18-12-7-21(2)20-15(12)16(25)17-6-11-4-3-5-28-11/h3-5,7-8H,6,9H2,1-2H3,(H,17,25)(H,18,24). The number of aromatic nitrogens is 4. The lowest BCUT2D eigenvalue weighted by atomic mass is 10.3. The Hall–Kier alpha value is -3.96. The number of carbonyl (C=O) groups is 2. The molecule has 0 aromatic carbocycles. The van der Waals surface area contributed by atoms with Crippen LogP contribution in [0.1, 0.15) is 21.9 Å². The van der Waals surface area contributed by atoms with E-state index in [-0.39, 0.29) is 35.9 Å². The molecule has 0 saturated heterocycles. The molecule has 3 rings (SSSR count). The van der Waals surface area contributed by atoms with Crippen LogP contribution in [0.15, 0.2) is 35.2 Å². The summed E-state index contributed by atoms with van der Waals surface area (Å²) in [6.45, 7) is 1.40. The van der Waals surface area contributed by atoms with Crippen molar-refractivity contribution in [2.75, 3.05) is 5.32 Å². The van der Waals surface area contributed by atoms with Crippen LogP contribution in [-0.2, 0) is 24.9 Å². The molecule has 28 heavy (non-hydrogen) atoms. The first-order valence-corrected chi connectivity index (χ1v) is 8.16. The van der Waals surface area contributed by atoms with E-state index in [1.165, 1.54) is 30.3 Å². The van der Waals surface area contributed by atoms with Gasteiger partial charge in [-0.3, -0.25) is 29.1 Å². The highest BCUT2D eigenvalue weighted by Gasteiger charge is 2.20. The number of aryl methyl sites for hydroxylation is 2. The van der Waals surface area contributed by atoms with Gasteiger partial charge in [-0.15, -0.1) is 0 Å². The number of nitrogens with zero attached hydrogens (tertiary/aromatic N) is 5. The van der Waals surface area contributed by atoms with Crippen LogP contribution in [0.3, 0.4) is 0 Å². The molecule has 2 N–H and O–H groups in total. The van der Waals surface area contributed by atoms with E-state index in [0.717, 1.165) is 4.68 Å². The number of rotatable bonds is 7. The predicted octanol–water partition coefficient (Wildman–Crippen LogP) is 0.995. The van der Waals surface area contributed by atoms with Gasteiger partial charge in [0.1, 0.15) is 24.2 Å². The number of amides is 2. The van der Waals surface area contributed by atoms with E-state index in [2.05, 4.69) is 20.8 Å². The Morgan fingerprint density at radius 3 is 2.75 bits per heavy atom. The molecule has 0 saturated carbocycles. The number of hydrogen-bond donors (Lipinski definition) is 2. The summed E-state index contributed by atoms with van der Waals surface area (Å²) in [6.07, 6.45) is 4.15. The van der Waals surface area contributed by atoms with Gasteiger partial charge in [-0.1, -0.05) is 0 Å². The average Bonchev–Trinajstić information content (AvgIpc) is 3.33. The molecule has 146 valence electrons. The molecule has 0 spiro atoms. The molecule has 3 aromatic rings. The second-order valence-electron chi connectivity index (χ2n) is 5.93. The molecular weight excluding hydrogens is 370 g/mol. The zero-order valence-corrected chi connectivity index (χ0v) is 15.1. The maximum absolute atomic E-state index is 12.4. The highest BCUT2D eigenvalue weighted by molar-refractivity contribution is 6.02. The second kappa shape index (κ2) is 7.73. The zero-order chi connectivity index (χ0) is 20.3. The van der Waals surface area contributed by atoms with Crippen LogP contribution < -0.4 is 10.6 Å². The van der Waals surface area contributed by atoms with Gasteiger partial charge >= 0.3 is 5.69 Å². The van der Waals surface area contributed by atoms with E-state index in [1.807, 2.05) is 0 Å². The number of nitrogens with one attached hydrogen (secondary N) is 2. The number of hydrogen-bond acceptors (Lipinski definition) is 7. The van der Waals surface area contributed by atoms with Crippen LogP contribution in [-0.4, -0.2) is 36.3 Å². The molecule has 3 heterocycles. The minimum Gasteiger partial charge on any atom is -0.467 e. The first kappa shape index (κ1) is 18.8. The molecule has 0 fully saturated rings.